The Bertz CT molecular complexity index is 941. The predicted octanol–water partition coefficient (Wildman–Crippen LogP) is 1.91. The molecule has 0 aliphatic carbocycles. The van der Waals surface area contributed by atoms with Crippen molar-refractivity contribution in [3.05, 3.63) is 59.3 Å². The van der Waals surface area contributed by atoms with E-state index in [9.17, 15) is 9.59 Å². The van der Waals surface area contributed by atoms with Crippen LogP contribution in [-0.2, 0) is 14.3 Å². The Morgan fingerprint density at radius 1 is 1.07 bits per heavy atom. The van der Waals surface area contributed by atoms with Crippen LogP contribution in [0.3, 0.4) is 0 Å². The SMILES string of the molecule is COc1cc(OC)cc(C2=N/C(=C\c3ccc(OCC(N)=O)cc3)C(=O)O2)c1. The van der Waals surface area contributed by atoms with Crippen molar-refractivity contribution in [2.45, 2.75) is 0 Å². The number of hydrogen-bond donors (Lipinski definition) is 1. The molecule has 0 bridgehead atoms. The molecule has 1 heterocycles. The highest BCUT2D eigenvalue weighted by Crippen LogP contribution is 2.26. The fourth-order valence-electron chi connectivity index (χ4n) is 2.44. The zero-order valence-electron chi connectivity index (χ0n) is 15.3. The molecule has 0 spiro atoms. The molecule has 1 aliphatic heterocycles. The molecule has 8 heteroatoms. The largest absolute Gasteiger partial charge is 0.497 e. The van der Waals surface area contributed by atoms with Gasteiger partial charge in [-0.05, 0) is 35.9 Å². The summed E-state index contributed by atoms with van der Waals surface area (Å²) >= 11 is 0. The van der Waals surface area contributed by atoms with Gasteiger partial charge in [-0.25, -0.2) is 9.79 Å². The minimum atomic E-state index is -0.564. The Labute approximate surface area is 161 Å². The van der Waals surface area contributed by atoms with Gasteiger partial charge in [0, 0.05) is 11.6 Å². The van der Waals surface area contributed by atoms with Crippen molar-refractivity contribution >= 4 is 23.9 Å². The lowest BCUT2D eigenvalue weighted by molar-refractivity contribution is -0.130. The summed E-state index contributed by atoms with van der Waals surface area (Å²) in [7, 11) is 3.06. The number of nitrogens with zero attached hydrogens (tertiary/aromatic N) is 1. The van der Waals surface area contributed by atoms with Gasteiger partial charge in [-0.1, -0.05) is 12.1 Å². The molecule has 8 nitrogen and oxygen atoms in total. The van der Waals surface area contributed by atoms with Crippen LogP contribution in [0, 0.1) is 0 Å². The molecule has 3 rings (SSSR count). The number of ether oxygens (including phenoxy) is 4. The highest BCUT2D eigenvalue weighted by molar-refractivity contribution is 6.13. The van der Waals surface area contributed by atoms with Gasteiger partial charge in [-0.15, -0.1) is 0 Å². The van der Waals surface area contributed by atoms with E-state index in [-0.39, 0.29) is 18.2 Å². The van der Waals surface area contributed by atoms with Crippen LogP contribution in [0.25, 0.3) is 6.08 Å². The lowest BCUT2D eigenvalue weighted by atomic mass is 10.2. The normalized spacial score (nSPS) is 14.4. The van der Waals surface area contributed by atoms with Gasteiger partial charge in [0.1, 0.15) is 17.2 Å². The first-order chi connectivity index (χ1) is 13.5. The smallest absolute Gasteiger partial charge is 0.363 e. The number of esters is 1. The number of hydrogen-bond acceptors (Lipinski definition) is 7. The van der Waals surface area contributed by atoms with E-state index >= 15 is 0 Å². The Kier molecular flexibility index (Phi) is 5.59. The first kappa shape index (κ1) is 19.0. The summed E-state index contributed by atoms with van der Waals surface area (Å²) in [5.41, 5.74) is 6.46. The van der Waals surface area contributed by atoms with Gasteiger partial charge in [0.2, 0.25) is 5.90 Å². The second kappa shape index (κ2) is 8.26. The number of rotatable bonds is 7. The second-order valence-corrected chi connectivity index (χ2v) is 5.76. The topological polar surface area (TPSA) is 109 Å². The van der Waals surface area contributed by atoms with Gasteiger partial charge in [0.15, 0.2) is 12.3 Å². The molecular weight excluding hydrogens is 364 g/mol. The fourth-order valence-corrected chi connectivity index (χ4v) is 2.44. The molecule has 0 atom stereocenters. The van der Waals surface area contributed by atoms with E-state index in [1.54, 1.807) is 48.5 Å². The fraction of sp³-hybridized carbons (Fsp3) is 0.150. The first-order valence-electron chi connectivity index (χ1n) is 8.25. The lowest BCUT2D eigenvalue weighted by Crippen LogP contribution is -2.19. The maximum atomic E-state index is 12.2. The maximum Gasteiger partial charge on any atom is 0.363 e. The molecule has 0 aromatic heterocycles. The number of primary amides is 1. The van der Waals surface area contributed by atoms with Crippen LogP contribution in [0.2, 0.25) is 0 Å². The number of cyclic esters (lactones) is 1. The van der Waals surface area contributed by atoms with Crippen molar-refractivity contribution in [2.75, 3.05) is 20.8 Å². The molecule has 144 valence electrons. The van der Waals surface area contributed by atoms with Crippen molar-refractivity contribution in [1.29, 1.82) is 0 Å². The predicted molar refractivity (Wildman–Crippen MR) is 101 cm³/mol. The third-order valence-electron chi connectivity index (χ3n) is 3.78. The van der Waals surface area contributed by atoms with Crippen molar-refractivity contribution in [2.24, 2.45) is 10.7 Å². The van der Waals surface area contributed by atoms with Crippen LogP contribution in [0.5, 0.6) is 17.2 Å². The standard InChI is InChI=1S/C20H18N2O6/c1-25-15-8-13(9-16(10-15)26-2)19-22-17(20(24)28-19)7-12-3-5-14(6-4-12)27-11-18(21)23/h3-10H,11H2,1-2H3,(H2,21,23)/b17-7-. The summed E-state index contributed by atoms with van der Waals surface area (Å²) in [5, 5.41) is 0. The number of methoxy groups -OCH3 is 2. The van der Waals surface area contributed by atoms with E-state index in [1.807, 2.05) is 0 Å². The molecule has 1 amide bonds. The average molecular weight is 382 g/mol. The van der Waals surface area contributed by atoms with Crippen LogP contribution in [0.1, 0.15) is 11.1 Å². The maximum absolute atomic E-state index is 12.2. The van der Waals surface area contributed by atoms with Crippen LogP contribution in [-0.4, -0.2) is 38.6 Å². The number of nitrogens with two attached hydrogens (primary N) is 1. The van der Waals surface area contributed by atoms with Crippen molar-refractivity contribution in [1.82, 2.24) is 0 Å². The number of carbonyl (C=O) groups excluding carboxylic acids is 2. The molecule has 2 aromatic carbocycles. The number of aliphatic imine (C=N–C) groups is 1. The minimum absolute atomic E-state index is 0.155. The summed E-state index contributed by atoms with van der Waals surface area (Å²) in [4.78, 5) is 27.2. The molecular formula is C20H18N2O6. The quantitative estimate of drug-likeness (QED) is 0.579. The molecule has 0 radical (unpaired) electrons. The summed E-state index contributed by atoms with van der Waals surface area (Å²) in [5.74, 6) is 0.633. The summed E-state index contributed by atoms with van der Waals surface area (Å²) in [6.07, 6.45) is 1.59. The third-order valence-corrected chi connectivity index (χ3v) is 3.78. The van der Waals surface area contributed by atoms with E-state index in [0.717, 1.165) is 0 Å². The van der Waals surface area contributed by atoms with Gasteiger partial charge < -0.3 is 24.7 Å². The monoisotopic (exact) mass is 382 g/mol. The van der Waals surface area contributed by atoms with E-state index < -0.39 is 11.9 Å². The molecule has 2 aromatic rings. The Hall–Kier alpha value is -3.81. The molecule has 0 saturated carbocycles. The zero-order chi connectivity index (χ0) is 20.1. The first-order valence-corrected chi connectivity index (χ1v) is 8.25. The summed E-state index contributed by atoms with van der Waals surface area (Å²) in [6, 6.07) is 11.9. The lowest BCUT2D eigenvalue weighted by Gasteiger charge is -2.07. The highest BCUT2D eigenvalue weighted by Gasteiger charge is 2.25. The van der Waals surface area contributed by atoms with Gasteiger partial charge in [-0.3, -0.25) is 4.79 Å². The molecule has 0 unspecified atom stereocenters. The second-order valence-electron chi connectivity index (χ2n) is 5.76. The van der Waals surface area contributed by atoms with Gasteiger partial charge in [0.05, 0.1) is 14.2 Å². The Morgan fingerprint density at radius 3 is 2.29 bits per heavy atom. The van der Waals surface area contributed by atoms with Crippen LogP contribution in [0.4, 0.5) is 0 Å². The summed E-state index contributed by atoms with van der Waals surface area (Å²) in [6.45, 7) is -0.204. The third kappa shape index (κ3) is 4.47. The molecule has 0 saturated heterocycles. The Balaban J connectivity index is 1.82. The Morgan fingerprint density at radius 2 is 1.71 bits per heavy atom. The van der Waals surface area contributed by atoms with E-state index in [0.29, 0.717) is 28.4 Å². The average Bonchev–Trinajstić information content (AvgIpc) is 3.07. The van der Waals surface area contributed by atoms with Crippen LogP contribution in [0.15, 0.2) is 53.2 Å². The molecule has 1 aliphatic rings. The number of amides is 1. The van der Waals surface area contributed by atoms with Crippen LogP contribution < -0.4 is 19.9 Å². The minimum Gasteiger partial charge on any atom is -0.497 e. The summed E-state index contributed by atoms with van der Waals surface area (Å²) < 4.78 is 20.9. The molecule has 0 fully saturated rings. The molecule has 2 N–H and O–H groups in total. The molecule has 28 heavy (non-hydrogen) atoms. The van der Waals surface area contributed by atoms with Crippen molar-refractivity contribution < 1.29 is 28.5 Å². The van der Waals surface area contributed by atoms with Crippen molar-refractivity contribution in [3.8, 4) is 17.2 Å². The number of carbonyl (C=O) groups is 2. The van der Waals surface area contributed by atoms with Gasteiger partial charge in [-0.2, -0.15) is 0 Å². The van der Waals surface area contributed by atoms with Gasteiger partial charge >= 0.3 is 5.97 Å². The highest BCUT2D eigenvalue weighted by atomic mass is 16.6. The number of benzene rings is 2. The van der Waals surface area contributed by atoms with E-state index in [2.05, 4.69) is 4.99 Å². The van der Waals surface area contributed by atoms with Crippen LogP contribution >= 0.6 is 0 Å². The van der Waals surface area contributed by atoms with Gasteiger partial charge in [0.25, 0.3) is 5.91 Å². The van der Waals surface area contributed by atoms with E-state index in [4.69, 9.17) is 24.7 Å². The van der Waals surface area contributed by atoms with Crippen molar-refractivity contribution in [3.63, 3.8) is 0 Å². The van der Waals surface area contributed by atoms with E-state index in [1.165, 1.54) is 14.2 Å². The zero-order valence-corrected chi connectivity index (χ0v) is 15.3.